The number of carbonyl (C=O) groups excluding carboxylic acids is 3. The van der Waals surface area contributed by atoms with Crippen LogP contribution in [0.4, 0.5) is 5.00 Å². The summed E-state index contributed by atoms with van der Waals surface area (Å²) < 4.78 is 10.8. The maximum Gasteiger partial charge on any atom is 0.341 e. The smallest absolute Gasteiger partial charge is 0.341 e. The molecule has 0 saturated heterocycles. The van der Waals surface area contributed by atoms with Crippen LogP contribution in [0.25, 0.3) is 21.8 Å². The molecule has 2 N–H and O–H groups in total. The molecule has 5 rings (SSSR count). The van der Waals surface area contributed by atoms with Gasteiger partial charge in [-0.3, -0.25) is 4.79 Å². The van der Waals surface area contributed by atoms with Crippen LogP contribution in [0.1, 0.15) is 57.1 Å². The number of aryl methyl sites for hydroxylation is 3. The van der Waals surface area contributed by atoms with Gasteiger partial charge in [0.2, 0.25) is 0 Å². The quantitative estimate of drug-likeness (QED) is 0.282. The number of anilines is 1. The van der Waals surface area contributed by atoms with Crippen molar-refractivity contribution in [3.63, 3.8) is 0 Å². The zero-order chi connectivity index (χ0) is 27.7. The summed E-state index contributed by atoms with van der Waals surface area (Å²) in [5.74, 6) is -0.910. The van der Waals surface area contributed by atoms with Crippen molar-refractivity contribution in [2.45, 2.75) is 46.6 Å². The zero-order valence-corrected chi connectivity index (χ0v) is 23.0. The molecule has 1 aliphatic carbocycles. The molecule has 9 heteroatoms. The van der Waals surface area contributed by atoms with E-state index in [1.54, 1.807) is 31.2 Å². The van der Waals surface area contributed by atoms with Crippen molar-refractivity contribution in [1.82, 2.24) is 9.97 Å². The molecule has 39 heavy (non-hydrogen) atoms. The van der Waals surface area contributed by atoms with E-state index in [9.17, 15) is 14.4 Å². The molecule has 1 unspecified atom stereocenters. The summed E-state index contributed by atoms with van der Waals surface area (Å²) in [5, 5.41) is 3.22. The Hall–Kier alpha value is -4.24. The molecule has 0 bridgehead atoms. The fraction of sp³-hybridized carbons (Fsp3) is 0.267. The number of H-pyrrole nitrogens is 1. The van der Waals surface area contributed by atoms with Crippen LogP contribution >= 0.6 is 11.3 Å². The number of nitrogens with zero attached hydrogens (tertiary/aromatic N) is 1. The summed E-state index contributed by atoms with van der Waals surface area (Å²) in [7, 11) is 0. The lowest BCUT2D eigenvalue weighted by Crippen LogP contribution is -2.30. The van der Waals surface area contributed by atoms with Gasteiger partial charge in [0.05, 0.1) is 23.4 Å². The van der Waals surface area contributed by atoms with Crippen molar-refractivity contribution in [3.05, 3.63) is 82.2 Å². The number of rotatable bonds is 7. The Bertz CT molecular complexity index is 1550. The molecule has 0 fully saturated rings. The third kappa shape index (κ3) is 5.22. The molecule has 1 amide bonds. The maximum absolute atomic E-state index is 13.1. The topological polar surface area (TPSA) is 110 Å². The third-order valence-corrected chi connectivity index (χ3v) is 7.99. The summed E-state index contributed by atoms with van der Waals surface area (Å²) in [5.41, 5.74) is 6.54. The minimum atomic E-state index is -1.09. The van der Waals surface area contributed by atoms with Gasteiger partial charge in [-0.1, -0.05) is 36.4 Å². The highest BCUT2D eigenvalue weighted by molar-refractivity contribution is 7.20. The van der Waals surface area contributed by atoms with Crippen molar-refractivity contribution in [3.8, 4) is 21.8 Å². The number of carbonyl (C=O) groups is 3. The fourth-order valence-corrected chi connectivity index (χ4v) is 5.89. The average Bonchev–Trinajstić information content (AvgIpc) is 3.47. The predicted octanol–water partition coefficient (Wildman–Crippen LogP) is 5.88. The number of thiophene rings is 1. The molecule has 0 radical (unpaired) electrons. The monoisotopic (exact) mass is 543 g/mol. The second-order valence-corrected chi connectivity index (χ2v) is 10.4. The van der Waals surface area contributed by atoms with Crippen molar-refractivity contribution in [1.29, 1.82) is 0 Å². The molecular weight excluding hydrogens is 514 g/mol. The highest BCUT2D eigenvalue weighted by Gasteiger charge is 2.31. The van der Waals surface area contributed by atoms with Gasteiger partial charge in [-0.05, 0) is 69.4 Å². The van der Waals surface area contributed by atoms with Gasteiger partial charge < -0.3 is 19.8 Å². The number of esters is 2. The van der Waals surface area contributed by atoms with E-state index >= 15 is 0 Å². The van der Waals surface area contributed by atoms with Crippen molar-refractivity contribution in [2.24, 2.45) is 0 Å². The normalized spacial score (nSPS) is 12.7. The van der Waals surface area contributed by atoms with Gasteiger partial charge in [0, 0.05) is 16.1 Å². The first-order valence-corrected chi connectivity index (χ1v) is 13.6. The average molecular weight is 544 g/mol. The number of amides is 1. The van der Waals surface area contributed by atoms with Crippen LogP contribution in [0.3, 0.4) is 0 Å². The largest absolute Gasteiger partial charge is 0.462 e. The van der Waals surface area contributed by atoms with Crippen molar-refractivity contribution >= 4 is 34.2 Å². The molecule has 0 spiro atoms. The molecule has 4 aromatic rings. The van der Waals surface area contributed by atoms with Gasteiger partial charge in [0.25, 0.3) is 5.91 Å². The Balaban J connectivity index is 1.32. The second-order valence-electron chi connectivity index (χ2n) is 9.40. The van der Waals surface area contributed by atoms with Crippen molar-refractivity contribution < 1.29 is 23.9 Å². The van der Waals surface area contributed by atoms with E-state index in [1.165, 1.54) is 23.8 Å². The number of aromatic amines is 1. The van der Waals surface area contributed by atoms with E-state index in [2.05, 4.69) is 21.4 Å². The Kier molecular flexibility index (Phi) is 7.34. The van der Waals surface area contributed by atoms with Crippen LogP contribution < -0.4 is 5.32 Å². The second kappa shape index (κ2) is 10.9. The van der Waals surface area contributed by atoms with E-state index < -0.39 is 23.9 Å². The van der Waals surface area contributed by atoms with Gasteiger partial charge in [0.15, 0.2) is 6.10 Å². The predicted molar refractivity (Wildman–Crippen MR) is 150 cm³/mol. The highest BCUT2D eigenvalue weighted by Crippen LogP contribution is 2.45. The first-order valence-electron chi connectivity index (χ1n) is 12.8. The fourth-order valence-electron chi connectivity index (χ4n) is 4.59. The third-order valence-electron chi connectivity index (χ3n) is 6.80. The Morgan fingerprint density at radius 1 is 1.05 bits per heavy atom. The summed E-state index contributed by atoms with van der Waals surface area (Å²) in [6.07, 6.45) is 0.380. The van der Waals surface area contributed by atoms with Gasteiger partial charge >= 0.3 is 11.9 Å². The number of aromatic nitrogens is 2. The van der Waals surface area contributed by atoms with E-state index in [4.69, 9.17) is 9.47 Å². The summed E-state index contributed by atoms with van der Waals surface area (Å²) in [4.78, 5) is 47.4. The van der Waals surface area contributed by atoms with Gasteiger partial charge in [-0.15, -0.1) is 11.3 Å². The van der Waals surface area contributed by atoms with Crippen LogP contribution in [0.5, 0.6) is 0 Å². The first kappa shape index (κ1) is 26.4. The Morgan fingerprint density at radius 3 is 2.49 bits per heavy atom. The Morgan fingerprint density at radius 2 is 1.79 bits per heavy atom. The van der Waals surface area contributed by atoms with Crippen LogP contribution in [0, 0.1) is 13.8 Å². The molecule has 0 saturated carbocycles. The standard InChI is InChI=1S/C30H29N3O5S/c1-5-37-30(36)24-23-15-14-19-8-6-7-9-22(19)25(23)39-28(24)33-27(34)18(4)38-29(35)21-12-10-20(11-13-21)26-31-16(2)17(3)32-26/h6-13,18H,5,14-15H2,1-4H3,(H,31,32)(H,33,34). The SMILES string of the molecule is CCOC(=O)c1c(NC(=O)C(C)OC(=O)c2ccc(-c3nc(C)c(C)[nH]3)cc2)sc2c1CCc1ccccc1-2. The van der Waals surface area contributed by atoms with E-state index in [0.29, 0.717) is 22.5 Å². The number of benzene rings is 2. The molecule has 0 aliphatic heterocycles. The molecule has 2 heterocycles. The van der Waals surface area contributed by atoms with Crippen LogP contribution in [-0.4, -0.2) is 40.5 Å². The molecule has 1 atom stereocenters. The lowest BCUT2D eigenvalue weighted by atomic mass is 9.89. The van der Waals surface area contributed by atoms with Crippen LogP contribution in [0.15, 0.2) is 48.5 Å². The highest BCUT2D eigenvalue weighted by atomic mass is 32.1. The first-order chi connectivity index (χ1) is 18.8. The van der Waals surface area contributed by atoms with E-state index in [0.717, 1.165) is 45.2 Å². The zero-order valence-electron chi connectivity index (χ0n) is 22.2. The van der Waals surface area contributed by atoms with Gasteiger partial charge in [-0.25, -0.2) is 14.6 Å². The lowest BCUT2D eigenvalue weighted by Gasteiger charge is -2.16. The molecule has 1 aliphatic rings. The molecule has 200 valence electrons. The van der Waals surface area contributed by atoms with Crippen molar-refractivity contribution in [2.75, 3.05) is 11.9 Å². The van der Waals surface area contributed by atoms with Crippen LogP contribution in [0.2, 0.25) is 0 Å². The Labute approximate surface area is 230 Å². The maximum atomic E-state index is 13.1. The number of ether oxygens (including phenoxy) is 2. The molecule has 8 nitrogen and oxygen atoms in total. The molecular formula is C30H29N3O5S. The van der Waals surface area contributed by atoms with E-state index in [-0.39, 0.29) is 6.61 Å². The molecule has 2 aromatic carbocycles. The van der Waals surface area contributed by atoms with Gasteiger partial charge in [-0.2, -0.15) is 0 Å². The summed E-state index contributed by atoms with van der Waals surface area (Å²) in [6, 6.07) is 14.9. The summed E-state index contributed by atoms with van der Waals surface area (Å²) in [6.45, 7) is 7.34. The minimum absolute atomic E-state index is 0.222. The lowest BCUT2D eigenvalue weighted by molar-refractivity contribution is -0.123. The molecule has 2 aromatic heterocycles. The number of hydrogen-bond donors (Lipinski definition) is 2. The number of hydrogen-bond acceptors (Lipinski definition) is 7. The minimum Gasteiger partial charge on any atom is -0.462 e. The number of nitrogens with one attached hydrogen (secondary N) is 2. The van der Waals surface area contributed by atoms with Gasteiger partial charge in [0.1, 0.15) is 10.8 Å². The van der Waals surface area contributed by atoms with Crippen LogP contribution in [-0.2, 0) is 27.1 Å². The summed E-state index contributed by atoms with van der Waals surface area (Å²) >= 11 is 1.34. The number of fused-ring (bicyclic) bond motifs is 3. The van der Waals surface area contributed by atoms with E-state index in [1.807, 2.05) is 32.0 Å². The number of imidazole rings is 1.